The number of nitrogens with zero attached hydrogens (tertiary/aromatic N) is 1. The van der Waals surface area contributed by atoms with E-state index in [1.54, 1.807) is 0 Å². The Morgan fingerprint density at radius 1 is 1.29 bits per heavy atom. The number of ether oxygens (including phenoxy) is 1. The lowest BCUT2D eigenvalue weighted by Gasteiger charge is -2.32. The number of rotatable bonds is 5. The van der Waals surface area contributed by atoms with Gasteiger partial charge in [-0.2, -0.15) is 0 Å². The molecule has 2 N–H and O–H groups in total. The molecule has 5 nitrogen and oxygen atoms in total. The zero-order valence-electron chi connectivity index (χ0n) is 14.0. The van der Waals surface area contributed by atoms with Gasteiger partial charge in [-0.1, -0.05) is 25.1 Å². The fraction of sp³-hybridized carbons (Fsp3) is 0.588. The third kappa shape index (κ3) is 4.99. The Bertz CT molecular complexity index is 520. The molecule has 0 aromatic heterocycles. The predicted octanol–water partition coefficient (Wildman–Crippen LogP) is 1.84. The van der Waals surface area contributed by atoms with E-state index in [0.29, 0.717) is 12.5 Å². The molecule has 0 bridgehead atoms. The van der Waals surface area contributed by atoms with Gasteiger partial charge in [0, 0.05) is 31.2 Å². The minimum atomic E-state index is 0. The molecule has 0 saturated carbocycles. The Labute approximate surface area is 156 Å². The van der Waals surface area contributed by atoms with Crippen LogP contribution in [0.1, 0.15) is 12.5 Å². The molecule has 24 heavy (non-hydrogen) atoms. The molecule has 1 aromatic carbocycles. The molecule has 2 aliphatic rings. The van der Waals surface area contributed by atoms with Gasteiger partial charge in [-0.3, -0.25) is 4.79 Å². The van der Waals surface area contributed by atoms with E-state index in [1.807, 2.05) is 13.0 Å². The lowest BCUT2D eigenvalue weighted by molar-refractivity contribution is -0.126. The minimum absolute atomic E-state index is 0. The van der Waals surface area contributed by atoms with Crippen molar-refractivity contribution in [2.45, 2.75) is 13.5 Å². The van der Waals surface area contributed by atoms with Gasteiger partial charge in [0.15, 0.2) is 0 Å². The maximum atomic E-state index is 12.3. The van der Waals surface area contributed by atoms with Crippen molar-refractivity contribution < 1.29 is 9.53 Å². The van der Waals surface area contributed by atoms with Crippen LogP contribution in [0.2, 0.25) is 0 Å². The summed E-state index contributed by atoms with van der Waals surface area (Å²) in [5, 5.41) is 6.33. The van der Waals surface area contributed by atoms with E-state index in [4.69, 9.17) is 4.74 Å². The molecule has 0 spiro atoms. The summed E-state index contributed by atoms with van der Waals surface area (Å²) in [5.74, 6) is 0.717. The van der Waals surface area contributed by atoms with Crippen LogP contribution in [0.4, 0.5) is 5.69 Å². The van der Waals surface area contributed by atoms with Crippen LogP contribution < -0.4 is 15.5 Å². The Morgan fingerprint density at radius 3 is 2.58 bits per heavy atom. The van der Waals surface area contributed by atoms with E-state index in [1.165, 1.54) is 11.3 Å². The van der Waals surface area contributed by atoms with E-state index in [9.17, 15) is 4.79 Å². The van der Waals surface area contributed by atoms with E-state index in [2.05, 4.69) is 33.7 Å². The zero-order valence-corrected chi connectivity index (χ0v) is 15.6. The fourth-order valence-electron chi connectivity index (χ4n) is 3.00. The van der Waals surface area contributed by atoms with Crippen molar-refractivity contribution in [1.29, 1.82) is 0 Å². The van der Waals surface area contributed by atoms with Crippen molar-refractivity contribution >= 4 is 36.4 Å². The summed E-state index contributed by atoms with van der Waals surface area (Å²) >= 11 is 0. The normalized spacial score (nSPS) is 18.6. The van der Waals surface area contributed by atoms with Gasteiger partial charge in [-0.25, -0.2) is 0 Å². The highest BCUT2D eigenvalue weighted by molar-refractivity contribution is 5.85. The van der Waals surface area contributed by atoms with E-state index in [0.717, 1.165) is 39.4 Å². The first kappa shape index (κ1) is 21.0. The Hall–Kier alpha value is -1.01. The van der Waals surface area contributed by atoms with Gasteiger partial charge < -0.3 is 20.3 Å². The molecule has 2 fully saturated rings. The van der Waals surface area contributed by atoms with Gasteiger partial charge in [-0.15, -0.1) is 24.8 Å². The number of halogens is 2. The second kappa shape index (κ2) is 10.1. The summed E-state index contributed by atoms with van der Waals surface area (Å²) in [7, 11) is 0. The van der Waals surface area contributed by atoms with Gasteiger partial charge in [0.2, 0.25) is 5.91 Å². The molecule has 2 saturated heterocycles. The Kier molecular flexibility index (Phi) is 8.84. The Morgan fingerprint density at radius 2 is 1.96 bits per heavy atom. The highest BCUT2D eigenvalue weighted by Crippen LogP contribution is 2.22. The van der Waals surface area contributed by atoms with Gasteiger partial charge in [0.05, 0.1) is 13.2 Å². The first-order chi connectivity index (χ1) is 10.8. The molecule has 1 amide bonds. The molecule has 136 valence electrons. The van der Waals surface area contributed by atoms with Crippen molar-refractivity contribution in [2.75, 3.05) is 44.3 Å². The summed E-state index contributed by atoms with van der Waals surface area (Å²) in [6, 6.07) is 8.32. The molecule has 0 aliphatic carbocycles. The van der Waals surface area contributed by atoms with Crippen LogP contribution in [-0.2, 0) is 16.1 Å². The number of benzene rings is 1. The summed E-state index contributed by atoms with van der Waals surface area (Å²) in [6.45, 7) is 7.90. The largest absolute Gasteiger partial charge is 0.378 e. The second-order valence-corrected chi connectivity index (χ2v) is 6.15. The average molecular weight is 376 g/mol. The van der Waals surface area contributed by atoms with Crippen molar-refractivity contribution in [3.8, 4) is 0 Å². The SMILES string of the molecule is CC(C(=O)NCc1ccccc1N1CCOCC1)C1CNC1.Cl.Cl. The molecule has 1 aromatic rings. The molecule has 2 heterocycles. The highest BCUT2D eigenvalue weighted by atomic mass is 35.5. The van der Waals surface area contributed by atoms with Crippen molar-refractivity contribution in [2.24, 2.45) is 11.8 Å². The van der Waals surface area contributed by atoms with Crippen LogP contribution in [-0.4, -0.2) is 45.3 Å². The molecule has 0 radical (unpaired) electrons. The number of hydrogen-bond donors (Lipinski definition) is 2. The summed E-state index contributed by atoms with van der Waals surface area (Å²) < 4.78 is 5.42. The van der Waals surface area contributed by atoms with Crippen LogP contribution in [0.3, 0.4) is 0 Å². The number of carbonyl (C=O) groups is 1. The predicted molar refractivity (Wildman–Crippen MR) is 101 cm³/mol. The van der Waals surface area contributed by atoms with Crippen LogP contribution >= 0.6 is 24.8 Å². The molecule has 2 aliphatic heterocycles. The van der Waals surface area contributed by atoms with Gasteiger partial charge in [-0.05, 0) is 30.6 Å². The van der Waals surface area contributed by atoms with Crippen molar-refractivity contribution in [1.82, 2.24) is 10.6 Å². The molecule has 1 unspecified atom stereocenters. The van der Waals surface area contributed by atoms with Crippen molar-refractivity contribution in [3.63, 3.8) is 0 Å². The molecule has 1 atom stereocenters. The number of anilines is 1. The van der Waals surface area contributed by atoms with Gasteiger partial charge >= 0.3 is 0 Å². The molecular formula is C17H27Cl2N3O2. The molecular weight excluding hydrogens is 349 g/mol. The first-order valence-corrected chi connectivity index (χ1v) is 8.14. The number of nitrogens with one attached hydrogen (secondary N) is 2. The summed E-state index contributed by atoms with van der Waals surface area (Å²) in [5.41, 5.74) is 2.39. The minimum Gasteiger partial charge on any atom is -0.378 e. The van der Waals surface area contributed by atoms with Crippen molar-refractivity contribution in [3.05, 3.63) is 29.8 Å². The Balaban J connectivity index is 0.00000144. The summed E-state index contributed by atoms with van der Waals surface area (Å²) in [4.78, 5) is 14.6. The summed E-state index contributed by atoms with van der Waals surface area (Å²) in [6.07, 6.45) is 0. The monoisotopic (exact) mass is 375 g/mol. The first-order valence-electron chi connectivity index (χ1n) is 8.14. The lowest BCUT2D eigenvalue weighted by Crippen LogP contribution is -2.49. The number of hydrogen-bond acceptors (Lipinski definition) is 4. The zero-order chi connectivity index (χ0) is 15.4. The van der Waals surface area contributed by atoms with Crippen LogP contribution in [0.25, 0.3) is 0 Å². The molecule has 3 rings (SSSR count). The second-order valence-electron chi connectivity index (χ2n) is 6.15. The third-order valence-electron chi connectivity index (χ3n) is 4.73. The molecule has 7 heteroatoms. The van der Waals surface area contributed by atoms with Crippen LogP contribution in [0, 0.1) is 11.8 Å². The number of morpholine rings is 1. The quantitative estimate of drug-likeness (QED) is 0.824. The average Bonchev–Trinajstić information content (AvgIpc) is 2.52. The van der Waals surface area contributed by atoms with E-state index >= 15 is 0 Å². The topological polar surface area (TPSA) is 53.6 Å². The maximum absolute atomic E-state index is 12.3. The number of carbonyl (C=O) groups excluding carboxylic acids is 1. The number of amides is 1. The maximum Gasteiger partial charge on any atom is 0.223 e. The van der Waals surface area contributed by atoms with Gasteiger partial charge in [0.1, 0.15) is 0 Å². The van der Waals surface area contributed by atoms with Gasteiger partial charge in [0.25, 0.3) is 0 Å². The highest BCUT2D eigenvalue weighted by Gasteiger charge is 2.28. The number of para-hydroxylation sites is 1. The van der Waals surface area contributed by atoms with E-state index < -0.39 is 0 Å². The third-order valence-corrected chi connectivity index (χ3v) is 4.73. The fourth-order valence-corrected chi connectivity index (χ4v) is 3.00. The van der Waals surface area contributed by atoms with Crippen LogP contribution in [0.15, 0.2) is 24.3 Å². The lowest BCUT2D eigenvalue weighted by atomic mass is 9.88. The standard InChI is InChI=1S/C17H25N3O2.2ClH/c1-13(15-10-18-11-15)17(21)19-12-14-4-2-3-5-16(14)20-6-8-22-9-7-20;;/h2-5,13,15,18H,6-12H2,1H3,(H,19,21);2*1H. The van der Waals surface area contributed by atoms with Crippen LogP contribution in [0.5, 0.6) is 0 Å². The smallest absolute Gasteiger partial charge is 0.223 e. The van der Waals surface area contributed by atoms with E-state index in [-0.39, 0.29) is 36.6 Å².